The summed E-state index contributed by atoms with van der Waals surface area (Å²) in [5.41, 5.74) is 3.46. The predicted molar refractivity (Wildman–Crippen MR) is 159 cm³/mol. The second-order valence-electron chi connectivity index (χ2n) is 10.3. The molecule has 2 amide bonds. The number of hydrogen-bond acceptors (Lipinski definition) is 5. The van der Waals surface area contributed by atoms with Gasteiger partial charge in [-0.1, -0.05) is 42.5 Å². The number of hydrogen-bond donors (Lipinski definition) is 2. The van der Waals surface area contributed by atoms with Crippen molar-refractivity contribution >= 4 is 40.5 Å². The molecule has 0 atom stereocenters. The molecule has 7 nitrogen and oxygen atoms in total. The fourth-order valence-electron chi connectivity index (χ4n) is 4.57. The Morgan fingerprint density at radius 3 is 2.21 bits per heavy atom. The molecule has 39 heavy (non-hydrogen) atoms. The first-order valence-corrected chi connectivity index (χ1v) is 13.8. The van der Waals surface area contributed by atoms with Crippen LogP contribution in [0.15, 0.2) is 72.8 Å². The van der Waals surface area contributed by atoms with E-state index in [1.165, 1.54) is 0 Å². The number of carbonyl (C=O) groups is 2. The molecule has 0 unspecified atom stereocenters. The monoisotopic (exact) mass is 548 g/mol. The second-order valence-corrected chi connectivity index (χ2v) is 10.6. The first-order chi connectivity index (χ1) is 18.8. The van der Waals surface area contributed by atoms with E-state index in [2.05, 4.69) is 26.5 Å². The first-order valence-electron chi connectivity index (χ1n) is 13.3. The lowest BCUT2D eigenvalue weighted by molar-refractivity contribution is -0.122. The predicted octanol–water partition coefficient (Wildman–Crippen LogP) is 5.20. The maximum atomic E-state index is 13.5. The summed E-state index contributed by atoms with van der Waals surface area (Å²) in [5.74, 6) is 0.691. The number of ether oxygens (including phenoxy) is 1. The molecule has 206 valence electrons. The summed E-state index contributed by atoms with van der Waals surface area (Å²) in [7, 11) is 1.69. The van der Waals surface area contributed by atoms with Crippen molar-refractivity contribution < 1.29 is 14.3 Å². The van der Waals surface area contributed by atoms with E-state index in [4.69, 9.17) is 16.3 Å². The lowest BCUT2D eigenvalue weighted by Gasteiger charge is -2.38. The minimum atomic E-state index is -0.729. The van der Waals surface area contributed by atoms with Crippen LogP contribution in [0.25, 0.3) is 0 Å². The van der Waals surface area contributed by atoms with Crippen LogP contribution >= 0.6 is 11.6 Å². The molecule has 1 saturated heterocycles. The quantitative estimate of drug-likeness (QED) is 0.341. The van der Waals surface area contributed by atoms with Gasteiger partial charge in [0.1, 0.15) is 5.75 Å². The summed E-state index contributed by atoms with van der Waals surface area (Å²) >= 11 is 6.00. The number of alkyl halides is 1. The minimum absolute atomic E-state index is 0.166. The molecule has 0 saturated carbocycles. The van der Waals surface area contributed by atoms with Crippen LogP contribution in [-0.4, -0.2) is 57.5 Å². The number of nitrogens with one attached hydrogen (secondary N) is 2. The molecule has 2 N–H and O–H groups in total. The Morgan fingerprint density at radius 2 is 1.54 bits per heavy atom. The Kier molecular flexibility index (Phi) is 9.36. The standard InChI is InChI=1S/C31H37ClN4O3/c1-31(2,22-32)30(38)34-24-13-14-26(25(21-24)29(37)33-16-15-23-9-5-4-6-10-23)35-17-19-36(20-18-35)27-11-7-8-12-28(27)39-3/h4-14,21H,15-20,22H2,1-3H3,(H,33,37)(H,34,38). The highest BCUT2D eigenvalue weighted by Gasteiger charge is 2.28. The van der Waals surface area contributed by atoms with Gasteiger partial charge in [-0.05, 0) is 56.2 Å². The van der Waals surface area contributed by atoms with Crippen molar-refractivity contribution in [2.45, 2.75) is 20.3 Å². The third-order valence-electron chi connectivity index (χ3n) is 7.04. The number of piperazine rings is 1. The average molecular weight is 549 g/mol. The molecule has 1 heterocycles. The Labute approximate surface area is 236 Å². The molecule has 0 aromatic heterocycles. The van der Waals surface area contributed by atoms with E-state index in [0.717, 1.165) is 55.3 Å². The van der Waals surface area contributed by atoms with Crippen molar-refractivity contribution in [2.75, 3.05) is 60.8 Å². The smallest absolute Gasteiger partial charge is 0.253 e. The largest absolute Gasteiger partial charge is 0.495 e. The lowest BCUT2D eigenvalue weighted by atomic mass is 9.95. The lowest BCUT2D eigenvalue weighted by Crippen LogP contribution is -2.47. The minimum Gasteiger partial charge on any atom is -0.495 e. The van der Waals surface area contributed by atoms with Gasteiger partial charge in [-0.25, -0.2) is 0 Å². The van der Waals surface area contributed by atoms with Gasteiger partial charge in [-0.3, -0.25) is 9.59 Å². The van der Waals surface area contributed by atoms with Crippen LogP contribution in [0.1, 0.15) is 29.8 Å². The third kappa shape index (κ3) is 7.03. The van der Waals surface area contributed by atoms with Crippen molar-refractivity contribution in [3.8, 4) is 5.75 Å². The van der Waals surface area contributed by atoms with E-state index >= 15 is 0 Å². The summed E-state index contributed by atoms with van der Waals surface area (Å²) in [4.78, 5) is 30.8. The Hall–Kier alpha value is -3.71. The van der Waals surface area contributed by atoms with E-state index in [-0.39, 0.29) is 17.7 Å². The number of rotatable bonds is 10. The molecule has 0 spiro atoms. The van der Waals surface area contributed by atoms with Crippen LogP contribution in [-0.2, 0) is 11.2 Å². The van der Waals surface area contributed by atoms with Gasteiger partial charge in [0.05, 0.1) is 23.8 Å². The average Bonchev–Trinajstić information content (AvgIpc) is 2.97. The normalized spacial score (nSPS) is 13.6. The SMILES string of the molecule is COc1ccccc1N1CCN(c2ccc(NC(=O)C(C)(C)CCl)cc2C(=O)NCCc2ccccc2)CC1. The molecular weight excluding hydrogens is 512 g/mol. The number of methoxy groups -OCH3 is 1. The van der Waals surface area contributed by atoms with Crippen molar-refractivity contribution in [1.82, 2.24) is 5.32 Å². The zero-order chi connectivity index (χ0) is 27.8. The second kappa shape index (κ2) is 12.9. The number of halogens is 1. The van der Waals surface area contributed by atoms with E-state index in [1.807, 2.05) is 60.7 Å². The van der Waals surface area contributed by atoms with Gasteiger partial charge in [0.2, 0.25) is 5.91 Å². The van der Waals surface area contributed by atoms with E-state index < -0.39 is 5.41 Å². The Bertz CT molecular complexity index is 1270. The van der Waals surface area contributed by atoms with Gasteiger partial charge < -0.3 is 25.2 Å². The Morgan fingerprint density at radius 1 is 0.897 bits per heavy atom. The Balaban J connectivity index is 1.52. The molecule has 0 radical (unpaired) electrons. The zero-order valence-electron chi connectivity index (χ0n) is 22.9. The van der Waals surface area contributed by atoms with Crippen molar-refractivity contribution in [1.29, 1.82) is 0 Å². The van der Waals surface area contributed by atoms with E-state index in [0.29, 0.717) is 17.8 Å². The van der Waals surface area contributed by atoms with Crippen LogP contribution in [0, 0.1) is 5.41 Å². The molecule has 4 rings (SSSR count). The van der Waals surface area contributed by atoms with Crippen molar-refractivity contribution in [3.05, 3.63) is 83.9 Å². The summed E-state index contributed by atoms with van der Waals surface area (Å²) in [6.07, 6.45) is 0.736. The molecule has 1 fully saturated rings. The summed E-state index contributed by atoms with van der Waals surface area (Å²) in [6, 6.07) is 23.6. The molecule has 3 aromatic rings. The molecule has 0 bridgehead atoms. The molecule has 8 heteroatoms. The van der Waals surface area contributed by atoms with Crippen LogP contribution in [0.2, 0.25) is 0 Å². The van der Waals surface area contributed by atoms with Crippen LogP contribution in [0.4, 0.5) is 17.1 Å². The number of para-hydroxylation sites is 2. The zero-order valence-corrected chi connectivity index (χ0v) is 23.6. The summed E-state index contributed by atoms with van der Waals surface area (Å²) in [5, 5.41) is 6.01. The van der Waals surface area contributed by atoms with Gasteiger partial charge in [-0.15, -0.1) is 11.6 Å². The molecule has 1 aliphatic rings. The van der Waals surface area contributed by atoms with Gasteiger partial charge in [0.25, 0.3) is 5.91 Å². The summed E-state index contributed by atoms with van der Waals surface area (Å²) < 4.78 is 5.56. The molecule has 1 aliphatic heterocycles. The third-order valence-corrected chi connectivity index (χ3v) is 7.70. The number of anilines is 3. The van der Waals surface area contributed by atoms with Crippen molar-refractivity contribution in [2.24, 2.45) is 5.41 Å². The van der Waals surface area contributed by atoms with Crippen molar-refractivity contribution in [3.63, 3.8) is 0 Å². The highest BCUT2D eigenvalue weighted by molar-refractivity contribution is 6.20. The first kappa shape index (κ1) is 28.3. The fraction of sp³-hybridized carbons (Fsp3) is 0.355. The topological polar surface area (TPSA) is 73.9 Å². The number of benzene rings is 3. The van der Waals surface area contributed by atoms with E-state index in [9.17, 15) is 9.59 Å². The number of nitrogens with zero attached hydrogens (tertiary/aromatic N) is 2. The van der Waals surface area contributed by atoms with E-state index in [1.54, 1.807) is 27.0 Å². The number of carbonyl (C=O) groups excluding carboxylic acids is 2. The maximum Gasteiger partial charge on any atom is 0.253 e. The highest BCUT2D eigenvalue weighted by atomic mass is 35.5. The molecular formula is C31H37ClN4O3. The molecule has 0 aliphatic carbocycles. The van der Waals surface area contributed by atoms with Gasteiger partial charge in [0.15, 0.2) is 0 Å². The fourth-order valence-corrected chi connectivity index (χ4v) is 4.69. The highest BCUT2D eigenvalue weighted by Crippen LogP contribution is 2.31. The summed E-state index contributed by atoms with van der Waals surface area (Å²) in [6.45, 7) is 7.17. The van der Waals surface area contributed by atoms with Gasteiger partial charge >= 0.3 is 0 Å². The van der Waals surface area contributed by atoms with Crippen LogP contribution in [0.5, 0.6) is 5.75 Å². The van der Waals surface area contributed by atoms with Crippen LogP contribution in [0.3, 0.4) is 0 Å². The maximum absolute atomic E-state index is 13.5. The number of amides is 2. The van der Waals surface area contributed by atoms with Crippen LogP contribution < -0.4 is 25.2 Å². The van der Waals surface area contributed by atoms with Gasteiger partial charge in [-0.2, -0.15) is 0 Å². The molecule has 3 aromatic carbocycles. The van der Waals surface area contributed by atoms with Gasteiger partial charge in [0, 0.05) is 50.0 Å².